The van der Waals surface area contributed by atoms with E-state index in [-0.39, 0.29) is 4.90 Å². The Hall–Kier alpha value is -1.43. The van der Waals surface area contributed by atoms with Crippen LogP contribution in [0.4, 0.5) is 5.69 Å². The van der Waals surface area contributed by atoms with E-state index in [0.717, 1.165) is 5.56 Å². The predicted molar refractivity (Wildman–Crippen MR) is 85.0 cm³/mol. The highest BCUT2D eigenvalue weighted by atomic mass is 35.5. The highest BCUT2D eigenvalue weighted by Gasteiger charge is 2.17. The van der Waals surface area contributed by atoms with Crippen LogP contribution in [0.1, 0.15) is 5.56 Å². The minimum atomic E-state index is -3.76. The predicted octanol–water partition coefficient (Wildman–Crippen LogP) is 4.11. The van der Waals surface area contributed by atoms with Gasteiger partial charge >= 0.3 is 0 Å². The highest BCUT2D eigenvalue weighted by Crippen LogP contribution is 2.32. The van der Waals surface area contributed by atoms with Crippen LogP contribution in [0.3, 0.4) is 0 Å². The maximum Gasteiger partial charge on any atom is 0.262 e. The second kappa shape index (κ2) is 6.13. The van der Waals surface area contributed by atoms with E-state index in [9.17, 15) is 8.42 Å². The monoisotopic (exact) mass is 345 g/mol. The minimum Gasteiger partial charge on any atom is -0.495 e. The van der Waals surface area contributed by atoms with Gasteiger partial charge in [0.25, 0.3) is 10.0 Å². The molecule has 0 radical (unpaired) electrons. The number of halogens is 2. The summed E-state index contributed by atoms with van der Waals surface area (Å²) in [6.45, 7) is 1.78. The van der Waals surface area contributed by atoms with E-state index in [0.29, 0.717) is 21.5 Å². The lowest BCUT2D eigenvalue weighted by molar-refractivity contribution is 0.417. The average molecular weight is 346 g/mol. The third kappa shape index (κ3) is 3.61. The van der Waals surface area contributed by atoms with Crippen molar-refractivity contribution in [3.63, 3.8) is 0 Å². The molecule has 0 atom stereocenters. The molecule has 0 amide bonds. The Kier molecular flexibility index (Phi) is 4.66. The number of sulfonamides is 1. The van der Waals surface area contributed by atoms with Gasteiger partial charge in [0.2, 0.25) is 0 Å². The zero-order valence-electron chi connectivity index (χ0n) is 11.4. The maximum atomic E-state index is 12.4. The first-order valence-corrected chi connectivity index (χ1v) is 8.20. The summed E-state index contributed by atoms with van der Waals surface area (Å²) in [6, 6.07) is 9.19. The molecule has 0 saturated heterocycles. The van der Waals surface area contributed by atoms with Gasteiger partial charge in [-0.25, -0.2) is 8.42 Å². The van der Waals surface area contributed by atoms with Crippen LogP contribution in [0.15, 0.2) is 41.3 Å². The number of rotatable bonds is 4. The molecule has 0 aliphatic heterocycles. The third-order valence-corrected chi connectivity index (χ3v) is 4.84. The molecule has 7 heteroatoms. The fourth-order valence-corrected chi connectivity index (χ4v) is 3.27. The van der Waals surface area contributed by atoms with E-state index < -0.39 is 10.0 Å². The molecule has 0 fully saturated rings. The fraction of sp³-hybridized carbons (Fsp3) is 0.143. The first-order chi connectivity index (χ1) is 9.83. The highest BCUT2D eigenvalue weighted by molar-refractivity contribution is 7.92. The van der Waals surface area contributed by atoms with Crippen LogP contribution < -0.4 is 9.46 Å². The molecule has 0 heterocycles. The van der Waals surface area contributed by atoms with Crippen molar-refractivity contribution in [3.05, 3.63) is 52.0 Å². The molecule has 1 N–H and O–H groups in total. The van der Waals surface area contributed by atoms with Crippen LogP contribution >= 0.6 is 23.2 Å². The van der Waals surface area contributed by atoms with Crippen LogP contribution in [0.2, 0.25) is 10.0 Å². The van der Waals surface area contributed by atoms with E-state index in [1.807, 2.05) is 0 Å². The van der Waals surface area contributed by atoms with Gasteiger partial charge in [0.15, 0.2) is 0 Å². The lowest BCUT2D eigenvalue weighted by atomic mass is 10.2. The van der Waals surface area contributed by atoms with Crippen LogP contribution in [-0.2, 0) is 10.0 Å². The van der Waals surface area contributed by atoms with Gasteiger partial charge in [0.05, 0.1) is 17.7 Å². The average Bonchev–Trinajstić information content (AvgIpc) is 2.42. The molecule has 21 heavy (non-hydrogen) atoms. The molecule has 4 nitrogen and oxygen atoms in total. The largest absolute Gasteiger partial charge is 0.495 e. The second-order valence-electron chi connectivity index (χ2n) is 4.36. The van der Waals surface area contributed by atoms with Crippen molar-refractivity contribution >= 4 is 38.9 Å². The van der Waals surface area contributed by atoms with Crippen molar-refractivity contribution < 1.29 is 13.2 Å². The molecule has 0 spiro atoms. The van der Waals surface area contributed by atoms with Crippen LogP contribution in [0.25, 0.3) is 0 Å². The molecular weight excluding hydrogens is 333 g/mol. The Morgan fingerprint density at radius 1 is 1.14 bits per heavy atom. The number of methoxy groups -OCH3 is 1. The molecule has 112 valence electrons. The summed E-state index contributed by atoms with van der Waals surface area (Å²) >= 11 is 11.8. The maximum absolute atomic E-state index is 12.4. The molecule has 0 aliphatic rings. The molecular formula is C14H13Cl2NO3S. The van der Waals surface area contributed by atoms with Crippen molar-refractivity contribution in [3.8, 4) is 5.75 Å². The van der Waals surface area contributed by atoms with Crippen molar-refractivity contribution in [1.29, 1.82) is 0 Å². The number of ether oxygens (including phenoxy) is 1. The minimum absolute atomic E-state index is 0.0738. The van der Waals surface area contributed by atoms with Gasteiger partial charge in [-0.2, -0.15) is 0 Å². The molecule has 2 aromatic rings. The Balaban J connectivity index is 2.44. The molecule has 0 aromatic heterocycles. The number of nitrogens with one attached hydrogen (secondary N) is 1. The SMILES string of the molecule is COc1cc(Cl)c(C)cc1NS(=O)(=O)c1cccc(Cl)c1. The first-order valence-electron chi connectivity index (χ1n) is 5.96. The summed E-state index contributed by atoms with van der Waals surface area (Å²) in [5.41, 5.74) is 1.06. The molecule has 0 saturated carbocycles. The van der Waals surface area contributed by atoms with E-state index >= 15 is 0 Å². The number of hydrogen-bond acceptors (Lipinski definition) is 3. The lowest BCUT2D eigenvalue weighted by Gasteiger charge is -2.13. The van der Waals surface area contributed by atoms with Gasteiger partial charge in [-0.1, -0.05) is 29.3 Å². The second-order valence-corrected chi connectivity index (χ2v) is 6.89. The number of benzene rings is 2. The molecule has 0 unspecified atom stereocenters. The summed E-state index contributed by atoms with van der Waals surface area (Å²) in [5, 5.41) is 0.842. The van der Waals surface area contributed by atoms with Crippen molar-refractivity contribution in [2.24, 2.45) is 0 Å². The molecule has 0 aliphatic carbocycles. The van der Waals surface area contributed by atoms with E-state index in [1.165, 1.54) is 19.2 Å². The summed E-state index contributed by atoms with van der Waals surface area (Å²) in [7, 11) is -2.31. The molecule has 2 aromatic carbocycles. The summed E-state index contributed by atoms with van der Waals surface area (Å²) < 4.78 is 32.3. The van der Waals surface area contributed by atoms with E-state index in [1.54, 1.807) is 31.2 Å². The van der Waals surface area contributed by atoms with Crippen LogP contribution in [0, 0.1) is 6.92 Å². The van der Waals surface area contributed by atoms with Crippen LogP contribution in [0.5, 0.6) is 5.75 Å². The van der Waals surface area contributed by atoms with Crippen LogP contribution in [-0.4, -0.2) is 15.5 Å². The zero-order chi connectivity index (χ0) is 15.6. The van der Waals surface area contributed by atoms with Gasteiger partial charge in [-0.05, 0) is 36.8 Å². The number of anilines is 1. The molecule has 0 bridgehead atoms. The van der Waals surface area contributed by atoms with Gasteiger partial charge in [0.1, 0.15) is 5.75 Å². The Bertz CT molecular complexity index is 776. The Labute approximate surface area is 133 Å². The van der Waals surface area contributed by atoms with Crippen molar-refractivity contribution in [1.82, 2.24) is 0 Å². The topological polar surface area (TPSA) is 55.4 Å². The summed E-state index contributed by atoms with van der Waals surface area (Å²) in [5.74, 6) is 0.344. The van der Waals surface area contributed by atoms with E-state index in [2.05, 4.69) is 4.72 Å². The smallest absolute Gasteiger partial charge is 0.262 e. The summed E-state index contributed by atoms with van der Waals surface area (Å²) in [6.07, 6.45) is 0. The Morgan fingerprint density at radius 2 is 1.86 bits per heavy atom. The standard InChI is InChI=1S/C14H13Cl2NO3S/c1-9-6-13(14(20-2)8-12(9)16)17-21(18,19)11-5-3-4-10(15)7-11/h3-8,17H,1-2H3. The number of hydrogen-bond donors (Lipinski definition) is 1. The van der Waals surface area contributed by atoms with Gasteiger partial charge in [-0.3, -0.25) is 4.72 Å². The van der Waals surface area contributed by atoms with Crippen molar-refractivity contribution in [2.75, 3.05) is 11.8 Å². The first kappa shape index (κ1) is 15.9. The molecule has 2 rings (SSSR count). The fourth-order valence-electron chi connectivity index (χ4n) is 1.75. The van der Waals surface area contributed by atoms with E-state index in [4.69, 9.17) is 27.9 Å². The Morgan fingerprint density at radius 3 is 2.48 bits per heavy atom. The zero-order valence-corrected chi connectivity index (χ0v) is 13.7. The third-order valence-electron chi connectivity index (χ3n) is 2.83. The van der Waals surface area contributed by atoms with Gasteiger partial charge in [0, 0.05) is 16.1 Å². The number of aryl methyl sites for hydroxylation is 1. The lowest BCUT2D eigenvalue weighted by Crippen LogP contribution is -2.13. The van der Waals surface area contributed by atoms with Gasteiger partial charge < -0.3 is 4.74 Å². The quantitative estimate of drug-likeness (QED) is 0.906. The van der Waals surface area contributed by atoms with Crippen molar-refractivity contribution in [2.45, 2.75) is 11.8 Å². The summed E-state index contributed by atoms with van der Waals surface area (Å²) in [4.78, 5) is 0.0738. The van der Waals surface area contributed by atoms with Gasteiger partial charge in [-0.15, -0.1) is 0 Å². The normalized spacial score (nSPS) is 11.2.